The Morgan fingerprint density at radius 1 is 1.22 bits per heavy atom. The van der Waals surface area contributed by atoms with Gasteiger partial charge in [-0.25, -0.2) is 10.4 Å². The quantitative estimate of drug-likeness (QED) is 0.658. The van der Waals surface area contributed by atoms with Crippen molar-refractivity contribution in [3.05, 3.63) is 39.9 Å². The third kappa shape index (κ3) is 3.27. The highest BCUT2D eigenvalue weighted by Crippen LogP contribution is 2.18. The number of non-ortho nitro benzene ring substituents is 1. The smallest absolute Gasteiger partial charge is 0.258 e. The normalized spacial score (nSPS) is 18.5. The molecule has 1 aliphatic heterocycles. The van der Waals surface area contributed by atoms with Crippen molar-refractivity contribution in [1.29, 1.82) is 0 Å². The van der Waals surface area contributed by atoms with Gasteiger partial charge in [-0.15, -0.1) is 0 Å². The molecule has 5 nitrogen and oxygen atoms in total. The molecule has 1 aromatic rings. The van der Waals surface area contributed by atoms with Crippen LogP contribution in [-0.2, 0) is 0 Å². The average molecular weight is 249 g/mol. The van der Waals surface area contributed by atoms with Gasteiger partial charge < -0.3 is 0 Å². The van der Waals surface area contributed by atoms with Gasteiger partial charge in [-0.2, -0.15) is 0 Å². The van der Waals surface area contributed by atoms with Crippen molar-refractivity contribution in [3.63, 3.8) is 0 Å². The third-order valence-electron chi connectivity index (χ3n) is 3.34. The van der Waals surface area contributed by atoms with Crippen LogP contribution in [0, 0.1) is 10.1 Å². The minimum Gasteiger partial charge on any atom is -0.258 e. The molecule has 1 N–H and O–H groups in total. The van der Waals surface area contributed by atoms with Gasteiger partial charge in [0.2, 0.25) is 0 Å². The molecule has 5 heteroatoms. The summed E-state index contributed by atoms with van der Waals surface area (Å²) in [7, 11) is 0. The van der Waals surface area contributed by atoms with E-state index in [2.05, 4.69) is 17.4 Å². The number of nitrogens with one attached hydrogen (secondary N) is 1. The van der Waals surface area contributed by atoms with Crippen LogP contribution in [0.3, 0.4) is 0 Å². The summed E-state index contributed by atoms with van der Waals surface area (Å²) in [5, 5.41) is 12.8. The summed E-state index contributed by atoms with van der Waals surface area (Å²) < 4.78 is 0. The van der Waals surface area contributed by atoms with Crippen molar-refractivity contribution in [2.45, 2.75) is 32.2 Å². The summed E-state index contributed by atoms with van der Waals surface area (Å²) in [6, 6.07) is 6.94. The first kappa shape index (κ1) is 13.0. The topological polar surface area (TPSA) is 58.4 Å². The number of benzene rings is 1. The van der Waals surface area contributed by atoms with E-state index >= 15 is 0 Å². The van der Waals surface area contributed by atoms with E-state index in [1.165, 1.54) is 19.3 Å². The lowest BCUT2D eigenvalue weighted by Crippen LogP contribution is -2.42. The fourth-order valence-corrected chi connectivity index (χ4v) is 2.26. The molecule has 0 aliphatic carbocycles. The molecule has 2 rings (SSSR count). The zero-order valence-electron chi connectivity index (χ0n) is 10.6. The van der Waals surface area contributed by atoms with Crippen molar-refractivity contribution in [2.24, 2.45) is 0 Å². The predicted octanol–water partition coefficient (Wildman–Crippen LogP) is 2.65. The van der Waals surface area contributed by atoms with E-state index in [-0.39, 0.29) is 16.7 Å². The summed E-state index contributed by atoms with van der Waals surface area (Å²) >= 11 is 0. The van der Waals surface area contributed by atoms with Crippen molar-refractivity contribution in [3.8, 4) is 0 Å². The molecule has 1 aliphatic rings. The van der Waals surface area contributed by atoms with Crippen molar-refractivity contribution < 1.29 is 4.92 Å². The van der Waals surface area contributed by atoms with Crippen LogP contribution in [0.15, 0.2) is 24.3 Å². The van der Waals surface area contributed by atoms with Crippen LogP contribution in [0.2, 0.25) is 0 Å². The number of hydrogen-bond acceptors (Lipinski definition) is 4. The Morgan fingerprint density at radius 3 is 2.39 bits per heavy atom. The van der Waals surface area contributed by atoms with E-state index in [0.717, 1.165) is 18.7 Å². The molecule has 1 heterocycles. The molecule has 0 radical (unpaired) electrons. The van der Waals surface area contributed by atoms with Gasteiger partial charge in [0.25, 0.3) is 5.69 Å². The van der Waals surface area contributed by atoms with E-state index in [1.54, 1.807) is 12.1 Å². The van der Waals surface area contributed by atoms with E-state index in [9.17, 15) is 10.1 Å². The van der Waals surface area contributed by atoms with E-state index in [1.807, 2.05) is 12.1 Å². The van der Waals surface area contributed by atoms with Crippen LogP contribution >= 0.6 is 0 Å². The Hall–Kier alpha value is -1.46. The predicted molar refractivity (Wildman–Crippen MR) is 70.1 cm³/mol. The van der Waals surface area contributed by atoms with Gasteiger partial charge in [-0.1, -0.05) is 18.6 Å². The van der Waals surface area contributed by atoms with Crippen molar-refractivity contribution >= 4 is 5.69 Å². The van der Waals surface area contributed by atoms with Gasteiger partial charge in [0.15, 0.2) is 0 Å². The summed E-state index contributed by atoms with van der Waals surface area (Å²) in [5.41, 5.74) is 4.66. The maximum Gasteiger partial charge on any atom is 0.269 e. The highest BCUT2D eigenvalue weighted by molar-refractivity contribution is 5.33. The standard InChI is InChI=1S/C13H19N3O2/c1-11(14-15-9-3-2-4-10-15)12-5-7-13(8-6-12)16(17)18/h5-8,11,14H,2-4,9-10H2,1H3. The van der Waals surface area contributed by atoms with Gasteiger partial charge in [0.1, 0.15) is 0 Å². The van der Waals surface area contributed by atoms with Crippen LogP contribution in [0.5, 0.6) is 0 Å². The summed E-state index contributed by atoms with van der Waals surface area (Å²) in [6.45, 7) is 4.24. The minimum atomic E-state index is -0.369. The van der Waals surface area contributed by atoms with Crippen LogP contribution in [-0.4, -0.2) is 23.0 Å². The number of hydrogen-bond donors (Lipinski definition) is 1. The number of rotatable bonds is 4. The van der Waals surface area contributed by atoms with Crippen LogP contribution in [0.1, 0.15) is 37.8 Å². The number of hydrazine groups is 1. The first-order valence-electron chi connectivity index (χ1n) is 6.42. The molecule has 0 amide bonds. The monoisotopic (exact) mass is 249 g/mol. The lowest BCUT2D eigenvalue weighted by atomic mass is 10.1. The first-order chi connectivity index (χ1) is 8.66. The lowest BCUT2D eigenvalue weighted by Gasteiger charge is -2.30. The number of nitro groups is 1. The number of nitro benzene ring substituents is 1. The molecule has 0 saturated carbocycles. The number of piperidine rings is 1. The Morgan fingerprint density at radius 2 is 1.83 bits per heavy atom. The zero-order chi connectivity index (χ0) is 13.0. The minimum absolute atomic E-state index is 0.143. The SMILES string of the molecule is CC(NN1CCCCC1)c1ccc([N+](=O)[O-])cc1. The fraction of sp³-hybridized carbons (Fsp3) is 0.538. The van der Waals surface area contributed by atoms with Crippen molar-refractivity contribution in [2.75, 3.05) is 13.1 Å². The summed E-state index contributed by atoms with van der Waals surface area (Å²) in [4.78, 5) is 10.2. The molecule has 1 fully saturated rings. The largest absolute Gasteiger partial charge is 0.269 e. The highest BCUT2D eigenvalue weighted by atomic mass is 16.6. The molecule has 18 heavy (non-hydrogen) atoms. The van der Waals surface area contributed by atoms with Gasteiger partial charge in [-0.05, 0) is 25.3 Å². The zero-order valence-corrected chi connectivity index (χ0v) is 10.6. The van der Waals surface area contributed by atoms with Crippen LogP contribution in [0.25, 0.3) is 0 Å². The molecule has 0 spiro atoms. The van der Waals surface area contributed by atoms with E-state index in [4.69, 9.17) is 0 Å². The molecule has 1 saturated heterocycles. The summed E-state index contributed by atoms with van der Waals surface area (Å²) in [6.07, 6.45) is 3.78. The van der Waals surface area contributed by atoms with Gasteiger partial charge in [0.05, 0.1) is 4.92 Å². The van der Waals surface area contributed by atoms with E-state index in [0.29, 0.717) is 0 Å². The highest BCUT2D eigenvalue weighted by Gasteiger charge is 2.14. The molecular formula is C13H19N3O2. The maximum absolute atomic E-state index is 10.6. The Bertz CT molecular complexity index is 399. The molecule has 1 aromatic carbocycles. The van der Waals surface area contributed by atoms with Gasteiger partial charge >= 0.3 is 0 Å². The van der Waals surface area contributed by atoms with Crippen molar-refractivity contribution in [1.82, 2.24) is 10.4 Å². The molecular weight excluding hydrogens is 230 g/mol. The van der Waals surface area contributed by atoms with E-state index < -0.39 is 0 Å². The average Bonchev–Trinajstić information content (AvgIpc) is 2.40. The Kier molecular flexibility index (Phi) is 4.28. The van der Waals surface area contributed by atoms with Crippen LogP contribution < -0.4 is 5.43 Å². The van der Waals surface area contributed by atoms with Gasteiger partial charge in [-0.3, -0.25) is 10.1 Å². The maximum atomic E-state index is 10.6. The fourth-order valence-electron chi connectivity index (χ4n) is 2.26. The second-order valence-corrected chi connectivity index (χ2v) is 4.75. The molecule has 0 aromatic heterocycles. The number of nitrogens with zero attached hydrogens (tertiary/aromatic N) is 2. The molecule has 1 unspecified atom stereocenters. The second kappa shape index (κ2) is 5.93. The molecule has 98 valence electrons. The summed E-state index contributed by atoms with van der Waals surface area (Å²) in [5.74, 6) is 0. The molecule has 0 bridgehead atoms. The molecule has 1 atom stereocenters. The lowest BCUT2D eigenvalue weighted by molar-refractivity contribution is -0.384. The van der Waals surface area contributed by atoms with Gasteiger partial charge in [0, 0.05) is 31.3 Å². The Balaban J connectivity index is 1.95. The first-order valence-corrected chi connectivity index (χ1v) is 6.42. The van der Waals surface area contributed by atoms with Crippen LogP contribution in [0.4, 0.5) is 5.69 Å². The third-order valence-corrected chi connectivity index (χ3v) is 3.34. The second-order valence-electron chi connectivity index (χ2n) is 4.75. The Labute approximate surface area is 107 Å².